The molecular formula is C25H22Cl2N4O5. The number of para-hydroxylation sites is 1. The van der Waals surface area contributed by atoms with Crippen molar-refractivity contribution in [3.8, 4) is 11.5 Å². The van der Waals surface area contributed by atoms with Gasteiger partial charge in [0, 0.05) is 10.7 Å². The number of carbonyl (C=O) groups excluding carboxylic acids is 3. The number of anilines is 2. The highest BCUT2D eigenvalue weighted by Crippen LogP contribution is 2.28. The molecule has 0 spiro atoms. The van der Waals surface area contributed by atoms with Gasteiger partial charge in [-0.2, -0.15) is 5.10 Å². The summed E-state index contributed by atoms with van der Waals surface area (Å²) in [5, 5.41) is 9.77. The fourth-order valence-corrected chi connectivity index (χ4v) is 3.27. The molecule has 0 aliphatic heterocycles. The zero-order chi connectivity index (χ0) is 26.1. The molecule has 0 aliphatic rings. The lowest BCUT2D eigenvalue weighted by Gasteiger charge is -2.12. The van der Waals surface area contributed by atoms with Crippen LogP contribution in [0.5, 0.6) is 11.5 Å². The number of benzene rings is 3. The fraction of sp³-hybridized carbons (Fsp3) is 0.120. The highest BCUT2D eigenvalue weighted by Gasteiger charge is 2.14. The number of hydrazone groups is 1. The lowest BCUT2D eigenvalue weighted by molar-refractivity contribution is -0.136. The summed E-state index contributed by atoms with van der Waals surface area (Å²) in [6.07, 6.45) is 1.32. The first-order valence-electron chi connectivity index (χ1n) is 10.5. The first-order valence-corrected chi connectivity index (χ1v) is 11.3. The normalized spacial score (nSPS) is 10.6. The number of amides is 3. The van der Waals surface area contributed by atoms with Crippen LogP contribution in [0, 0.1) is 6.92 Å². The topological polar surface area (TPSA) is 118 Å². The minimum Gasteiger partial charge on any atom is -0.493 e. The predicted octanol–water partition coefficient (Wildman–Crippen LogP) is 4.42. The van der Waals surface area contributed by atoms with Gasteiger partial charge >= 0.3 is 11.8 Å². The first-order chi connectivity index (χ1) is 17.3. The van der Waals surface area contributed by atoms with E-state index in [9.17, 15) is 14.4 Å². The quantitative estimate of drug-likeness (QED) is 0.227. The number of ether oxygens (including phenoxy) is 2. The van der Waals surface area contributed by atoms with Gasteiger partial charge in [-0.1, -0.05) is 41.4 Å². The summed E-state index contributed by atoms with van der Waals surface area (Å²) in [6, 6.07) is 16.5. The van der Waals surface area contributed by atoms with Crippen molar-refractivity contribution in [1.29, 1.82) is 0 Å². The molecule has 0 saturated heterocycles. The Morgan fingerprint density at radius 2 is 1.61 bits per heavy atom. The minimum atomic E-state index is -0.973. The van der Waals surface area contributed by atoms with Crippen molar-refractivity contribution in [3.05, 3.63) is 81.8 Å². The molecule has 0 saturated carbocycles. The number of methoxy groups -OCH3 is 1. The van der Waals surface area contributed by atoms with Gasteiger partial charge in [0.1, 0.15) is 0 Å². The van der Waals surface area contributed by atoms with E-state index in [0.29, 0.717) is 38.5 Å². The van der Waals surface area contributed by atoms with Crippen molar-refractivity contribution in [2.24, 2.45) is 5.10 Å². The molecule has 3 aromatic carbocycles. The predicted molar refractivity (Wildman–Crippen MR) is 139 cm³/mol. The number of halogens is 2. The van der Waals surface area contributed by atoms with Gasteiger partial charge in [0.15, 0.2) is 18.1 Å². The van der Waals surface area contributed by atoms with E-state index in [2.05, 4.69) is 21.2 Å². The molecule has 3 aromatic rings. The Kier molecular flexibility index (Phi) is 9.26. The summed E-state index contributed by atoms with van der Waals surface area (Å²) < 4.78 is 10.9. The Balaban J connectivity index is 1.54. The lowest BCUT2D eigenvalue weighted by Crippen LogP contribution is -2.32. The zero-order valence-corrected chi connectivity index (χ0v) is 20.8. The molecule has 3 rings (SSSR count). The Bertz CT molecular complexity index is 1310. The third kappa shape index (κ3) is 7.21. The summed E-state index contributed by atoms with van der Waals surface area (Å²) in [5.74, 6) is -1.60. The number of hydrogen-bond donors (Lipinski definition) is 3. The van der Waals surface area contributed by atoms with E-state index in [1.807, 2.05) is 0 Å². The Morgan fingerprint density at radius 3 is 2.36 bits per heavy atom. The number of rotatable bonds is 8. The molecule has 3 amide bonds. The van der Waals surface area contributed by atoms with Gasteiger partial charge in [-0.15, -0.1) is 0 Å². The lowest BCUT2D eigenvalue weighted by atomic mass is 10.2. The Labute approximate surface area is 217 Å². The molecule has 0 fully saturated rings. The molecule has 0 aromatic heterocycles. The molecule has 0 unspecified atom stereocenters. The van der Waals surface area contributed by atoms with E-state index in [4.69, 9.17) is 32.7 Å². The molecular weight excluding hydrogens is 507 g/mol. The van der Waals surface area contributed by atoms with Crippen LogP contribution >= 0.6 is 23.2 Å². The second-order valence-electron chi connectivity index (χ2n) is 7.29. The largest absolute Gasteiger partial charge is 0.493 e. The van der Waals surface area contributed by atoms with E-state index < -0.39 is 11.8 Å². The third-order valence-corrected chi connectivity index (χ3v) is 5.54. The molecule has 0 radical (unpaired) electrons. The number of hydrogen-bond acceptors (Lipinski definition) is 6. The van der Waals surface area contributed by atoms with Crippen LogP contribution in [-0.2, 0) is 14.4 Å². The van der Waals surface area contributed by atoms with Gasteiger partial charge in [0.05, 0.1) is 24.0 Å². The van der Waals surface area contributed by atoms with Crippen LogP contribution in [-0.4, -0.2) is 37.7 Å². The molecule has 3 N–H and O–H groups in total. The average Bonchev–Trinajstić information content (AvgIpc) is 2.87. The SMILES string of the molecule is COc1cc(/C=N\NC(=O)C(=O)Nc2ccccc2Cl)ccc1OCC(=O)Nc1cccc(Cl)c1C. The molecule has 11 heteroatoms. The highest BCUT2D eigenvalue weighted by molar-refractivity contribution is 6.41. The minimum absolute atomic E-state index is 0.258. The van der Waals surface area contributed by atoms with Crippen molar-refractivity contribution in [2.45, 2.75) is 6.92 Å². The molecule has 0 heterocycles. The summed E-state index contributed by atoms with van der Waals surface area (Å²) in [4.78, 5) is 36.3. The van der Waals surface area contributed by atoms with Crippen LogP contribution in [0.4, 0.5) is 11.4 Å². The van der Waals surface area contributed by atoms with Crippen molar-refractivity contribution < 1.29 is 23.9 Å². The van der Waals surface area contributed by atoms with Gasteiger partial charge in [0.2, 0.25) is 0 Å². The number of nitrogens with zero attached hydrogens (tertiary/aromatic N) is 1. The van der Waals surface area contributed by atoms with E-state index in [1.54, 1.807) is 67.6 Å². The monoisotopic (exact) mass is 528 g/mol. The van der Waals surface area contributed by atoms with E-state index >= 15 is 0 Å². The van der Waals surface area contributed by atoms with E-state index in [0.717, 1.165) is 5.56 Å². The van der Waals surface area contributed by atoms with Crippen molar-refractivity contribution >= 4 is 58.5 Å². The first kappa shape index (κ1) is 26.5. The Morgan fingerprint density at radius 1 is 0.889 bits per heavy atom. The van der Waals surface area contributed by atoms with Crippen molar-refractivity contribution in [2.75, 3.05) is 24.4 Å². The maximum Gasteiger partial charge on any atom is 0.329 e. The standard InChI is InChI=1S/C25H22Cl2N4O5/c1-15-17(26)7-5-9-19(15)29-23(32)14-36-21-11-10-16(12-22(21)35-2)13-28-31-25(34)24(33)30-20-8-4-3-6-18(20)27/h3-13H,14H2,1-2H3,(H,29,32)(H,30,33)(H,31,34)/b28-13-. The zero-order valence-electron chi connectivity index (χ0n) is 19.3. The Hall–Kier alpha value is -4.08. The van der Waals surface area contributed by atoms with Crippen LogP contribution in [0.15, 0.2) is 65.8 Å². The fourth-order valence-electron chi connectivity index (χ4n) is 2.91. The molecule has 36 heavy (non-hydrogen) atoms. The van der Waals surface area contributed by atoms with Crippen molar-refractivity contribution in [3.63, 3.8) is 0 Å². The second-order valence-corrected chi connectivity index (χ2v) is 8.11. The summed E-state index contributed by atoms with van der Waals surface area (Å²) in [6.45, 7) is 1.54. The summed E-state index contributed by atoms with van der Waals surface area (Å²) >= 11 is 12.0. The average molecular weight is 529 g/mol. The van der Waals surface area contributed by atoms with Crippen LogP contribution < -0.4 is 25.5 Å². The highest BCUT2D eigenvalue weighted by atomic mass is 35.5. The maximum atomic E-state index is 12.3. The van der Waals surface area contributed by atoms with Crippen LogP contribution in [0.25, 0.3) is 0 Å². The van der Waals surface area contributed by atoms with E-state index in [1.165, 1.54) is 13.3 Å². The van der Waals surface area contributed by atoms with Gasteiger partial charge in [0.25, 0.3) is 5.91 Å². The molecule has 186 valence electrons. The van der Waals surface area contributed by atoms with Crippen LogP contribution in [0.2, 0.25) is 10.0 Å². The number of carbonyl (C=O) groups is 3. The van der Waals surface area contributed by atoms with Gasteiger partial charge in [-0.3, -0.25) is 14.4 Å². The smallest absolute Gasteiger partial charge is 0.329 e. The van der Waals surface area contributed by atoms with Crippen molar-refractivity contribution in [1.82, 2.24) is 5.43 Å². The van der Waals surface area contributed by atoms with Crippen LogP contribution in [0.3, 0.4) is 0 Å². The molecule has 0 aliphatic carbocycles. The maximum absolute atomic E-state index is 12.3. The second kappa shape index (κ2) is 12.6. The summed E-state index contributed by atoms with van der Waals surface area (Å²) in [5.41, 5.74) is 4.33. The third-order valence-electron chi connectivity index (χ3n) is 4.80. The van der Waals surface area contributed by atoms with Gasteiger partial charge in [-0.05, 0) is 60.5 Å². The van der Waals surface area contributed by atoms with Gasteiger partial charge in [-0.25, -0.2) is 5.43 Å². The summed E-state index contributed by atoms with van der Waals surface area (Å²) in [7, 11) is 1.44. The molecule has 0 atom stereocenters. The number of nitrogens with one attached hydrogen (secondary N) is 3. The van der Waals surface area contributed by atoms with E-state index in [-0.39, 0.29) is 12.5 Å². The molecule has 0 bridgehead atoms. The molecule has 9 nitrogen and oxygen atoms in total. The van der Waals surface area contributed by atoms with Gasteiger partial charge < -0.3 is 20.1 Å². The van der Waals surface area contributed by atoms with Crippen LogP contribution in [0.1, 0.15) is 11.1 Å².